The Balaban J connectivity index is 1.12. The number of hydrogen-bond donors (Lipinski definition) is 10. The average Bonchev–Trinajstić information content (AvgIpc) is 0.982. The lowest BCUT2D eigenvalue weighted by molar-refractivity contribution is -0.151. The maximum absolute atomic E-state index is 15.7. The van der Waals surface area contributed by atoms with Gasteiger partial charge < -0.3 is 77.1 Å². The lowest BCUT2D eigenvalue weighted by Crippen LogP contribution is -2.58. The molecule has 1 aromatic heterocycles. The number of primary amides is 1. The Morgan fingerprint density at radius 2 is 0.917 bits per heavy atom. The van der Waals surface area contributed by atoms with Gasteiger partial charge in [-0.15, -0.1) is 11.8 Å². The molecule has 11 atom stereocenters. The Labute approximate surface area is 781 Å². The van der Waals surface area contributed by atoms with Gasteiger partial charge in [-0.3, -0.25) is 71.9 Å². The molecule has 133 heavy (non-hydrogen) atoms. The molecule has 11 N–H and O–H groups in total. The number of carbonyl (C=O) groups is 15. The van der Waals surface area contributed by atoms with Crippen LogP contribution in [0.4, 0.5) is 0 Å². The molecule has 30 nitrogen and oxygen atoms in total. The molecular formula is C102H126N12O18S. The Bertz CT molecular complexity index is 5330. The van der Waals surface area contributed by atoms with Gasteiger partial charge in [0.1, 0.15) is 59.3 Å². The zero-order valence-corrected chi connectivity index (χ0v) is 78.1. The summed E-state index contributed by atoms with van der Waals surface area (Å²) in [6, 6.07) is 40.3. The molecule has 7 aromatic carbocycles. The van der Waals surface area contributed by atoms with Crippen LogP contribution < -0.4 is 32.3 Å². The normalized spacial score (nSPS) is 21.8. The Morgan fingerprint density at radius 1 is 0.436 bits per heavy atom. The van der Waals surface area contributed by atoms with Crippen molar-refractivity contribution in [3.8, 4) is 17.2 Å². The molecule has 0 bridgehead atoms. The molecule has 1 fully saturated rings. The predicted molar refractivity (Wildman–Crippen MR) is 506 cm³/mol. The highest BCUT2D eigenvalue weighted by molar-refractivity contribution is 8.00. The van der Waals surface area contributed by atoms with Gasteiger partial charge in [0, 0.05) is 140 Å². The van der Waals surface area contributed by atoms with E-state index in [0.717, 1.165) is 16.7 Å². The summed E-state index contributed by atoms with van der Waals surface area (Å²) in [4.78, 5) is 235. The van der Waals surface area contributed by atoms with E-state index in [1.807, 2.05) is 19.1 Å². The van der Waals surface area contributed by atoms with Gasteiger partial charge in [-0.2, -0.15) is 0 Å². The summed E-state index contributed by atoms with van der Waals surface area (Å²) in [5.74, 6) is -16.2. The van der Waals surface area contributed by atoms with E-state index in [1.54, 1.807) is 161 Å². The summed E-state index contributed by atoms with van der Waals surface area (Å²) >= 11 is 0.900. The Morgan fingerprint density at radius 3 is 1.47 bits per heavy atom. The standard InChI is InChI=1S/C102H126N12O18S/c1-11-12-32-86-101(131)110(6)59-77(118)54-71(48-68-33-39-74(115)40-34-68)90(120)57-79(64(4)5)98(128)113(9)87(52-66-26-18-14-19-27-66)97(127)108-83(51-70-37-43-76(117)44-38-70)99(129)111(7)60-93(123)105-81(55-73-58-104-80-31-23-22-30-78(73)80)91(121)56-72(49-69-35-41-75(116)42-36-69)95(125)107-82(47-63(2)3)96(126)109-85(89(119)45-46-92(103)122)61-133-62-94(124)106-84(50-65-24-16-13-17-25-65)100(130)114(10)88(102(132)112(86)8)53-67-28-20-15-21-29-67/h13-31,33-44,58,63-64,71-72,79,81-88,104,115-117H,11-12,32,45-57,59-62H2,1-10H3,(H2,103,122)(H,105,123)(H,106,124)(H,107,125)(H,108,127)(H,109,126)/t71-,72-,79+,81+,82+,83+,84+,85+,86+,87+,88+/m1/s1. The number of aromatic amines is 1. The van der Waals surface area contributed by atoms with E-state index >= 15 is 47.9 Å². The molecular weight excluding hydrogens is 1710 g/mol. The summed E-state index contributed by atoms with van der Waals surface area (Å²) in [7, 11) is 7.00. The summed E-state index contributed by atoms with van der Waals surface area (Å²) in [5, 5.41) is 46.2. The second kappa shape index (κ2) is 50.3. The van der Waals surface area contributed by atoms with Crippen molar-refractivity contribution in [3.05, 3.63) is 233 Å². The number of likely N-dealkylation sites (N-methyl/N-ethyl adjacent to an activating group) is 5. The molecule has 0 radical (unpaired) electrons. The fraction of sp³-hybridized carbons (Fsp3) is 0.422. The summed E-state index contributed by atoms with van der Waals surface area (Å²) < 4.78 is 0. The number of fused-ring (bicyclic) bond motifs is 1. The number of phenols is 3. The minimum Gasteiger partial charge on any atom is -0.508 e. The minimum absolute atomic E-state index is 0.0327. The highest BCUT2D eigenvalue weighted by Gasteiger charge is 2.42. The number of benzene rings is 7. The van der Waals surface area contributed by atoms with Crippen molar-refractivity contribution in [2.24, 2.45) is 35.3 Å². The van der Waals surface area contributed by atoms with Gasteiger partial charge in [0.2, 0.25) is 65.0 Å². The van der Waals surface area contributed by atoms with Crippen LogP contribution in [0.15, 0.2) is 194 Å². The minimum atomic E-state index is -1.50. The smallest absolute Gasteiger partial charge is 0.246 e. The second-order valence-electron chi connectivity index (χ2n) is 35.5. The van der Waals surface area contributed by atoms with Crippen molar-refractivity contribution in [2.75, 3.05) is 59.8 Å². The highest BCUT2D eigenvalue weighted by Crippen LogP contribution is 2.30. The van der Waals surface area contributed by atoms with E-state index in [0.29, 0.717) is 62.7 Å². The van der Waals surface area contributed by atoms with Crippen LogP contribution in [-0.2, 0) is 117 Å². The first-order valence-corrected chi connectivity index (χ1v) is 46.4. The number of thioether (sulfide) groups is 1. The number of unbranched alkanes of at least 4 members (excludes halogenated alkanes) is 1. The van der Waals surface area contributed by atoms with Crippen LogP contribution in [0, 0.1) is 29.6 Å². The van der Waals surface area contributed by atoms with Crippen molar-refractivity contribution in [3.63, 3.8) is 0 Å². The number of hydrogen-bond acceptors (Lipinski definition) is 19. The number of rotatable bonds is 24. The van der Waals surface area contributed by atoms with E-state index in [1.165, 1.54) is 103 Å². The van der Waals surface area contributed by atoms with Crippen molar-refractivity contribution in [1.29, 1.82) is 0 Å². The number of ketones is 4. The third kappa shape index (κ3) is 31.2. The van der Waals surface area contributed by atoms with E-state index in [2.05, 4.69) is 31.6 Å². The molecule has 1 aliphatic heterocycles. The number of Topliss-reactive ketones (excluding diaryl/α,β-unsaturated/α-hetero) is 4. The fourth-order valence-corrected chi connectivity index (χ4v) is 17.5. The Hall–Kier alpha value is -13.3. The SMILES string of the molecule is CCCC[C@H]1C(=O)N(C)CC(=O)C[C@@H](Cc2ccc(O)cc2)C(=O)C[C@@H](C(C)C)C(=O)N(C)[C@@H](Cc2ccccc2)C(=O)N[C@@H](Cc2ccc(O)cc2)C(=O)N(C)CC(=O)N[C@@H](Cc2c[nH]c3ccccc23)C(=O)C[C@@H](Cc2ccc(O)cc2)C(=O)N[C@@H](CC(C)C)C(=O)N[C@H](C(=O)CCC(N)=O)CSCC(=O)N[C@@H](Cc2ccccc2)C(=O)N(C)[C@@H](Cc2ccccc2)C(=O)N1C. The number of nitrogens with two attached hydrogens (primary N) is 1. The van der Waals surface area contributed by atoms with Crippen LogP contribution in [-0.4, -0.2) is 241 Å². The maximum atomic E-state index is 15.7. The lowest BCUT2D eigenvalue weighted by atomic mass is 9.82. The first-order chi connectivity index (χ1) is 63.4. The van der Waals surface area contributed by atoms with E-state index in [4.69, 9.17) is 5.73 Å². The molecule has 2 heterocycles. The van der Waals surface area contributed by atoms with Gasteiger partial charge in [0.15, 0.2) is 17.3 Å². The van der Waals surface area contributed by atoms with Crippen LogP contribution in [0.25, 0.3) is 10.9 Å². The molecule has 1 aliphatic rings. The average molecular weight is 1840 g/mol. The van der Waals surface area contributed by atoms with Gasteiger partial charge in [0.05, 0.1) is 30.9 Å². The quantitative estimate of drug-likeness (QED) is 0.0272. The summed E-state index contributed by atoms with van der Waals surface area (Å²) in [6.45, 7) is 7.67. The van der Waals surface area contributed by atoms with Gasteiger partial charge >= 0.3 is 0 Å². The molecule has 11 amide bonds. The largest absolute Gasteiger partial charge is 0.508 e. The second-order valence-corrected chi connectivity index (χ2v) is 36.5. The zero-order valence-electron chi connectivity index (χ0n) is 77.3. The molecule has 9 rings (SSSR count). The van der Waals surface area contributed by atoms with Gasteiger partial charge in [-0.05, 0) is 119 Å². The van der Waals surface area contributed by atoms with E-state index in [-0.39, 0.29) is 86.7 Å². The van der Waals surface area contributed by atoms with Crippen LogP contribution in [0.3, 0.4) is 0 Å². The summed E-state index contributed by atoms with van der Waals surface area (Å²) in [5.41, 5.74) is 10.1. The van der Waals surface area contributed by atoms with Crippen molar-refractivity contribution in [2.45, 2.75) is 186 Å². The number of nitrogens with one attached hydrogen (secondary N) is 6. The third-order valence-corrected chi connectivity index (χ3v) is 25.3. The highest BCUT2D eigenvalue weighted by atomic mass is 32.2. The topological polar surface area (TPSA) is 435 Å². The van der Waals surface area contributed by atoms with Crippen LogP contribution in [0.5, 0.6) is 17.2 Å². The number of H-pyrrole nitrogens is 1. The first-order valence-electron chi connectivity index (χ1n) is 45.2. The number of phenolic OH excluding ortho intramolecular Hbond substituents is 3. The molecule has 1 saturated heterocycles. The van der Waals surface area contributed by atoms with Crippen LogP contribution >= 0.6 is 11.8 Å². The molecule has 0 aliphatic carbocycles. The van der Waals surface area contributed by atoms with E-state index < -0.39 is 211 Å². The molecule has 0 spiro atoms. The fourth-order valence-electron chi connectivity index (χ4n) is 16.6. The Kier molecular flexibility index (Phi) is 39.1. The van der Waals surface area contributed by atoms with Crippen molar-refractivity contribution >= 4 is 111 Å². The number of amides is 11. The third-order valence-electron chi connectivity index (χ3n) is 24.3. The predicted octanol–water partition coefficient (Wildman–Crippen LogP) is 8.31. The zero-order chi connectivity index (χ0) is 96.7. The maximum Gasteiger partial charge on any atom is 0.246 e. The first kappa shape index (κ1) is 103. The molecule has 708 valence electrons. The van der Waals surface area contributed by atoms with Crippen LogP contribution in [0.1, 0.15) is 131 Å². The lowest BCUT2D eigenvalue weighted by Gasteiger charge is -2.37. The van der Waals surface area contributed by atoms with E-state index in [9.17, 15) is 39.3 Å². The summed E-state index contributed by atoms with van der Waals surface area (Å²) in [6.07, 6.45) is -0.495. The molecule has 8 aromatic rings. The van der Waals surface area contributed by atoms with Crippen LogP contribution in [0.2, 0.25) is 0 Å². The molecule has 0 saturated carbocycles. The van der Waals surface area contributed by atoms with Gasteiger partial charge in [-0.25, -0.2) is 0 Å². The molecule has 31 heteroatoms. The number of nitrogens with zero attached hydrogens (tertiary/aromatic N) is 5. The number of aromatic nitrogens is 1. The monoisotopic (exact) mass is 1840 g/mol. The number of carbonyl (C=O) groups excluding carboxylic acids is 15. The number of para-hydroxylation sites is 1. The van der Waals surface area contributed by atoms with Gasteiger partial charge in [0.25, 0.3) is 0 Å². The molecule has 0 unspecified atom stereocenters. The van der Waals surface area contributed by atoms with Crippen molar-refractivity contribution in [1.82, 2.24) is 56.1 Å². The number of aromatic hydroxyl groups is 3. The van der Waals surface area contributed by atoms with Crippen molar-refractivity contribution < 1.29 is 87.2 Å². The van der Waals surface area contributed by atoms with Gasteiger partial charge in [-0.1, -0.05) is 193 Å².